The van der Waals surface area contributed by atoms with Crippen LogP contribution in [0.25, 0.3) is 0 Å². The number of hydrogen-bond donors (Lipinski definition) is 2. The third-order valence-corrected chi connectivity index (χ3v) is 5.99. The van der Waals surface area contributed by atoms with Gasteiger partial charge in [0, 0.05) is 6.04 Å². The lowest BCUT2D eigenvalue weighted by atomic mass is 10.1. The molecule has 0 saturated carbocycles. The number of nitrogens with two attached hydrogens (primary N) is 1. The predicted molar refractivity (Wildman–Crippen MR) is 88.0 cm³/mol. The zero-order chi connectivity index (χ0) is 19.8. The minimum absolute atomic E-state index is 0.129. The highest BCUT2D eigenvalue weighted by Crippen LogP contribution is 2.31. The van der Waals surface area contributed by atoms with Crippen LogP contribution in [0.5, 0.6) is 0 Å². The van der Waals surface area contributed by atoms with Crippen molar-refractivity contribution in [1.82, 2.24) is 4.72 Å². The lowest BCUT2D eigenvalue weighted by Gasteiger charge is -2.16. The van der Waals surface area contributed by atoms with Gasteiger partial charge in [0.15, 0.2) is 0 Å². The maximum Gasteiger partial charge on any atom is 0.416 e. The number of halogens is 3. The maximum absolute atomic E-state index is 12.8. The van der Waals surface area contributed by atoms with E-state index in [0.717, 1.165) is 36.4 Å². The molecule has 6 nitrogen and oxygen atoms in total. The van der Waals surface area contributed by atoms with Crippen LogP contribution in [0.15, 0.2) is 58.3 Å². The molecule has 0 amide bonds. The fraction of sp³-hybridized carbons (Fsp3) is 0.200. The van der Waals surface area contributed by atoms with Crippen molar-refractivity contribution < 1.29 is 30.0 Å². The van der Waals surface area contributed by atoms with Crippen LogP contribution in [-0.4, -0.2) is 16.8 Å². The molecule has 0 aliphatic heterocycles. The molecule has 11 heteroatoms. The first-order valence-electron chi connectivity index (χ1n) is 7.13. The molecule has 2 rings (SSSR count). The van der Waals surface area contributed by atoms with Crippen molar-refractivity contribution in [2.24, 2.45) is 5.14 Å². The fourth-order valence-corrected chi connectivity index (χ4v) is 3.91. The molecule has 0 aliphatic rings. The summed E-state index contributed by atoms with van der Waals surface area (Å²) in [6.07, 6.45) is -4.54. The molecule has 2 aromatic carbocycles. The van der Waals surface area contributed by atoms with Gasteiger partial charge < -0.3 is 0 Å². The third-order valence-electron chi connectivity index (χ3n) is 3.51. The van der Waals surface area contributed by atoms with Gasteiger partial charge >= 0.3 is 6.18 Å². The Hall–Kier alpha value is -1.95. The third kappa shape index (κ3) is 4.81. The van der Waals surface area contributed by atoms with Crippen LogP contribution in [0.1, 0.15) is 24.1 Å². The van der Waals surface area contributed by atoms with E-state index in [4.69, 9.17) is 5.14 Å². The SMILES string of the molecule is CC(NS(=O)(=O)c1ccc(S(N)(=O)=O)cc1)c1cccc(C(F)(F)F)c1. The Kier molecular flexibility index (Phi) is 5.47. The average molecular weight is 408 g/mol. The van der Waals surface area contributed by atoms with Gasteiger partial charge in [0.2, 0.25) is 20.0 Å². The summed E-state index contributed by atoms with van der Waals surface area (Å²) in [7, 11) is -8.06. The van der Waals surface area contributed by atoms with E-state index in [1.165, 1.54) is 19.1 Å². The molecule has 3 N–H and O–H groups in total. The van der Waals surface area contributed by atoms with E-state index in [0.29, 0.717) is 0 Å². The molecule has 142 valence electrons. The number of rotatable bonds is 5. The molecule has 0 radical (unpaired) electrons. The summed E-state index contributed by atoms with van der Waals surface area (Å²) in [4.78, 5) is -0.508. The topological polar surface area (TPSA) is 106 Å². The van der Waals surface area contributed by atoms with Gasteiger partial charge in [-0.25, -0.2) is 26.7 Å². The molecule has 0 spiro atoms. The van der Waals surface area contributed by atoms with Crippen molar-refractivity contribution in [3.63, 3.8) is 0 Å². The number of sulfonamides is 2. The van der Waals surface area contributed by atoms with Crippen LogP contribution in [-0.2, 0) is 26.2 Å². The van der Waals surface area contributed by atoms with Gasteiger partial charge in [-0.3, -0.25) is 0 Å². The minimum Gasteiger partial charge on any atom is -0.225 e. The first-order chi connectivity index (χ1) is 11.8. The molecular formula is C15H15F3N2O4S2. The number of benzene rings is 2. The zero-order valence-corrected chi connectivity index (χ0v) is 15.0. The second-order valence-corrected chi connectivity index (χ2v) is 8.76. The lowest BCUT2D eigenvalue weighted by molar-refractivity contribution is -0.137. The Labute approximate surface area is 148 Å². The van der Waals surface area contributed by atoms with Crippen LogP contribution in [0.4, 0.5) is 13.2 Å². The summed E-state index contributed by atoms with van der Waals surface area (Å²) in [5.41, 5.74) is -0.761. The van der Waals surface area contributed by atoms with E-state index in [-0.39, 0.29) is 15.4 Å². The van der Waals surface area contributed by atoms with Gasteiger partial charge in [-0.1, -0.05) is 12.1 Å². The highest BCUT2D eigenvalue weighted by molar-refractivity contribution is 7.89. The minimum atomic E-state index is -4.54. The Balaban J connectivity index is 2.26. The van der Waals surface area contributed by atoms with Crippen molar-refractivity contribution in [3.8, 4) is 0 Å². The predicted octanol–water partition coefficient (Wildman–Crippen LogP) is 2.39. The van der Waals surface area contributed by atoms with Gasteiger partial charge in [0.05, 0.1) is 15.4 Å². The standard InChI is InChI=1S/C15H15F3N2O4S2/c1-10(11-3-2-4-12(9-11)15(16,17)18)20-26(23,24)14-7-5-13(6-8-14)25(19,21)22/h2-10,20H,1H3,(H2,19,21,22). The molecule has 2 aromatic rings. The van der Waals surface area contributed by atoms with Crippen LogP contribution < -0.4 is 9.86 Å². The smallest absolute Gasteiger partial charge is 0.225 e. The van der Waals surface area contributed by atoms with Crippen molar-refractivity contribution in [1.29, 1.82) is 0 Å². The zero-order valence-electron chi connectivity index (χ0n) is 13.4. The highest BCUT2D eigenvalue weighted by atomic mass is 32.2. The summed E-state index contributed by atoms with van der Waals surface area (Å²) in [5, 5.41) is 4.94. The molecule has 0 aromatic heterocycles. The summed E-state index contributed by atoms with van der Waals surface area (Å²) >= 11 is 0. The van der Waals surface area contributed by atoms with Crippen LogP contribution >= 0.6 is 0 Å². The molecule has 1 atom stereocenters. The number of hydrogen-bond acceptors (Lipinski definition) is 4. The van der Waals surface area contributed by atoms with Gasteiger partial charge in [-0.2, -0.15) is 13.2 Å². The fourth-order valence-electron chi connectivity index (χ4n) is 2.16. The van der Waals surface area contributed by atoms with E-state index >= 15 is 0 Å². The first-order valence-corrected chi connectivity index (χ1v) is 10.2. The van der Waals surface area contributed by atoms with Crippen molar-refractivity contribution in [2.45, 2.75) is 28.9 Å². The van der Waals surface area contributed by atoms with Gasteiger partial charge in [-0.05, 0) is 48.9 Å². The molecule has 0 fully saturated rings. The number of primary sulfonamides is 1. The quantitative estimate of drug-likeness (QED) is 0.792. The summed E-state index contributed by atoms with van der Waals surface area (Å²) in [5.74, 6) is 0. The van der Waals surface area contributed by atoms with Crippen LogP contribution in [0.2, 0.25) is 0 Å². The van der Waals surface area contributed by atoms with E-state index in [9.17, 15) is 30.0 Å². The normalized spacial score (nSPS) is 14.2. The molecular weight excluding hydrogens is 393 g/mol. The molecule has 0 aliphatic carbocycles. The molecule has 0 heterocycles. The largest absolute Gasteiger partial charge is 0.416 e. The van der Waals surface area contributed by atoms with Crippen molar-refractivity contribution in [3.05, 3.63) is 59.7 Å². The van der Waals surface area contributed by atoms with E-state index in [2.05, 4.69) is 4.72 Å². The monoisotopic (exact) mass is 408 g/mol. The van der Waals surface area contributed by atoms with E-state index in [1.54, 1.807) is 0 Å². The number of nitrogens with one attached hydrogen (secondary N) is 1. The number of alkyl halides is 3. The van der Waals surface area contributed by atoms with Crippen molar-refractivity contribution in [2.75, 3.05) is 0 Å². The second kappa shape index (κ2) is 6.99. The Morgan fingerprint density at radius 1 is 0.962 bits per heavy atom. The van der Waals surface area contributed by atoms with E-state index < -0.39 is 37.8 Å². The van der Waals surface area contributed by atoms with Gasteiger partial charge in [0.25, 0.3) is 0 Å². The summed E-state index contributed by atoms with van der Waals surface area (Å²) in [6, 6.07) is 7.49. The van der Waals surface area contributed by atoms with Crippen LogP contribution in [0.3, 0.4) is 0 Å². The highest BCUT2D eigenvalue weighted by Gasteiger charge is 2.31. The Morgan fingerprint density at radius 3 is 2.00 bits per heavy atom. The summed E-state index contributed by atoms with van der Waals surface area (Å²) in [6.45, 7) is 1.39. The summed E-state index contributed by atoms with van der Waals surface area (Å²) < 4.78 is 87.6. The Morgan fingerprint density at radius 2 is 1.50 bits per heavy atom. The van der Waals surface area contributed by atoms with Crippen molar-refractivity contribution >= 4 is 20.0 Å². The Bertz CT molecular complexity index is 1000. The molecule has 1 unspecified atom stereocenters. The second-order valence-electron chi connectivity index (χ2n) is 5.48. The molecule has 0 bridgehead atoms. The van der Waals surface area contributed by atoms with Gasteiger partial charge in [-0.15, -0.1) is 0 Å². The first kappa shape index (κ1) is 20.4. The lowest BCUT2D eigenvalue weighted by Crippen LogP contribution is -2.27. The average Bonchev–Trinajstić information content (AvgIpc) is 2.53. The van der Waals surface area contributed by atoms with Crippen LogP contribution in [0, 0.1) is 0 Å². The van der Waals surface area contributed by atoms with E-state index in [1.807, 2.05) is 0 Å². The maximum atomic E-state index is 12.8. The molecule has 26 heavy (non-hydrogen) atoms. The van der Waals surface area contributed by atoms with Gasteiger partial charge in [0.1, 0.15) is 0 Å². The molecule has 0 saturated heterocycles.